The molecule has 0 bridgehead atoms. The number of carboxylic acid groups (broad SMARTS) is 3. The number of nitrogens with one attached hydrogen (secondary N) is 1. The number of unbranched alkanes of at least 4 members (excludes halogenated alkanes) is 1. The summed E-state index contributed by atoms with van der Waals surface area (Å²) in [5.74, 6) is -2.67. The van der Waals surface area contributed by atoms with Gasteiger partial charge in [0, 0.05) is 22.3 Å². The SMILES string of the molecule is C=C(CC)C(=O)O.C=C(CCCC)C(=O)O.C=C(CCCNC(C)(C)C)C(=O)O.C=Cc1ccccc1. The van der Waals surface area contributed by atoms with Gasteiger partial charge in [0.1, 0.15) is 0 Å². The van der Waals surface area contributed by atoms with Crippen LogP contribution in [0.5, 0.6) is 0 Å². The first-order chi connectivity index (χ1) is 17.1. The Kier molecular flexibility index (Phi) is 23.7. The molecule has 0 saturated carbocycles. The molecule has 0 aromatic heterocycles. The largest absolute Gasteiger partial charge is 0.478 e. The summed E-state index contributed by atoms with van der Waals surface area (Å²) in [6.07, 6.45) is 6.29. The number of benzene rings is 1. The van der Waals surface area contributed by atoms with Gasteiger partial charge in [-0.3, -0.25) is 0 Å². The summed E-state index contributed by atoms with van der Waals surface area (Å²) >= 11 is 0. The monoisotopic (exact) mass is 517 g/mol. The van der Waals surface area contributed by atoms with Crippen LogP contribution < -0.4 is 5.32 Å². The van der Waals surface area contributed by atoms with Gasteiger partial charge in [0.25, 0.3) is 0 Å². The third-order valence-electron chi connectivity index (χ3n) is 4.51. The van der Waals surface area contributed by atoms with Crippen LogP contribution in [0.25, 0.3) is 6.08 Å². The fraction of sp³-hybridized carbons (Fsp3) is 0.433. The van der Waals surface area contributed by atoms with Crippen LogP contribution >= 0.6 is 0 Å². The van der Waals surface area contributed by atoms with Crippen molar-refractivity contribution in [1.29, 1.82) is 0 Å². The highest BCUT2D eigenvalue weighted by atomic mass is 16.4. The molecule has 0 aliphatic rings. The Hall–Kier alpha value is -3.45. The van der Waals surface area contributed by atoms with E-state index in [1.807, 2.05) is 43.3 Å². The Morgan fingerprint density at radius 1 is 0.811 bits per heavy atom. The molecule has 0 aliphatic heterocycles. The summed E-state index contributed by atoms with van der Waals surface area (Å²) in [5, 5.41) is 28.2. The lowest BCUT2D eigenvalue weighted by atomic mass is 10.1. The first-order valence-corrected chi connectivity index (χ1v) is 12.3. The zero-order chi connectivity index (χ0) is 29.4. The fourth-order valence-electron chi connectivity index (χ4n) is 2.11. The van der Waals surface area contributed by atoms with Gasteiger partial charge in [-0.25, -0.2) is 14.4 Å². The van der Waals surface area contributed by atoms with Crippen molar-refractivity contribution < 1.29 is 29.7 Å². The van der Waals surface area contributed by atoms with E-state index in [-0.39, 0.29) is 16.7 Å². The molecular formula is C30H47NO6. The number of carboxylic acids is 3. The normalized spacial score (nSPS) is 9.54. The summed E-state index contributed by atoms with van der Waals surface area (Å²) in [7, 11) is 0. The quantitative estimate of drug-likeness (QED) is 0.174. The van der Waals surface area contributed by atoms with E-state index < -0.39 is 17.9 Å². The molecule has 0 spiro atoms. The molecule has 0 radical (unpaired) electrons. The van der Waals surface area contributed by atoms with Crippen molar-refractivity contribution in [2.75, 3.05) is 6.54 Å². The van der Waals surface area contributed by atoms with Gasteiger partial charge in [-0.1, -0.05) is 83.0 Å². The number of hydrogen-bond donors (Lipinski definition) is 4. The summed E-state index contributed by atoms with van der Waals surface area (Å²) < 4.78 is 0. The molecule has 0 amide bonds. The lowest BCUT2D eigenvalue weighted by molar-refractivity contribution is -0.133. The van der Waals surface area contributed by atoms with Crippen LogP contribution in [0, 0.1) is 0 Å². The van der Waals surface area contributed by atoms with Crippen molar-refractivity contribution in [3.63, 3.8) is 0 Å². The van der Waals surface area contributed by atoms with Crippen LogP contribution in [0.2, 0.25) is 0 Å². The Labute approximate surface area is 223 Å². The molecule has 4 N–H and O–H groups in total. The summed E-state index contributed by atoms with van der Waals surface area (Å²) in [6, 6.07) is 10.0. The highest BCUT2D eigenvalue weighted by Crippen LogP contribution is 2.04. The van der Waals surface area contributed by atoms with E-state index in [4.69, 9.17) is 15.3 Å². The van der Waals surface area contributed by atoms with Crippen molar-refractivity contribution in [2.45, 2.75) is 78.7 Å². The Morgan fingerprint density at radius 2 is 1.24 bits per heavy atom. The number of aliphatic carboxylic acids is 3. The minimum Gasteiger partial charge on any atom is -0.478 e. The maximum atomic E-state index is 10.4. The van der Waals surface area contributed by atoms with Gasteiger partial charge < -0.3 is 20.6 Å². The molecule has 1 aromatic rings. The van der Waals surface area contributed by atoms with Gasteiger partial charge in [-0.15, -0.1) is 0 Å². The van der Waals surface area contributed by atoms with Crippen LogP contribution in [0.15, 0.2) is 73.4 Å². The van der Waals surface area contributed by atoms with Crippen molar-refractivity contribution in [3.8, 4) is 0 Å². The molecule has 208 valence electrons. The maximum absolute atomic E-state index is 10.4. The van der Waals surface area contributed by atoms with E-state index in [0.29, 0.717) is 24.8 Å². The maximum Gasteiger partial charge on any atom is 0.330 e. The smallest absolute Gasteiger partial charge is 0.330 e. The number of rotatable bonds is 12. The molecule has 0 saturated heterocycles. The van der Waals surface area contributed by atoms with Crippen LogP contribution in [0.1, 0.15) is 78.7 Å². The average molecular weight is 518 g/mol. The molecular weight excluding hydrogens is 470 g/mol. The second kappa shape index (κ2) is 23.0. The average Bonchev–Trinajstić information content (AvgIpc) is 2.85. The van der Waals surface area contributed by atoms with Gasteiger partial charge in [0.2, 0.25) is 0 Å². The fourth-order valence-corrected chi connectivity index (χ4v) is 2.11. The zero-order valence-corrected chi connectivity index (χ0v) is 23.3. The molecule has 1 aromatic carbocycles. The summed E-state index contributed by atoms with van der Waals surface area (Å²) in [4.78, 5) is 30.3. The highest BCUT2D eigenvalue weighted by molar-refractivity contribution is 5.86. The highest BCUT2D eigenvalue weighted by Gasteiger charge is 2.08. The first kappa shape index (κ1) is 38.1. The van der Waals surface area contributed by atoms with Crippen LogP contribution in [-0.4, -0.2) is 45.3 Å². The first-order valence-electron chi connectivity index (χ1n) is 12.3. The topological polar surface area (TPSA) is 124 Å². The van der Waals surface area contributed by atoms with E-state index in [1.165, 1.54) is 5.56 Å². The van der Waals surface area contributed by atoms with E-state index in [2.05, 4.69) is 52.4 Å². The summed E-state index contributed by atoms with van der Waals surface area (Å²) in [5.41, 5.74) is 2.14. The standard InChI is InChI=1S/C10H19NO2.C8H8.C7H12O2.C5H8O2/c1-8(9(12)13)6-5-7-11-10(2,3)4;1-2-8-6-4-3-5-7-8;1-3-4-5-6(2)7(8)9;1-3-4(2)5(6)7/h11H,1,5-7H2,2-4H3,(H,12,13);2-7H,1H2;2-5H2,1H3,(H,8,9);2-3H2,1H3,(H,6,7). The van der Waals surface area contributed by atoms with Gasteiger partial charge >= 0.3 is 17.9 Å². The van der Waals surface area contributed by atoms with Crippen molar-refractivity contribution >= 4 is 24.0 Å². The molecule has 0 aliphatic carbocycles. The van der Waals surface area contributed by atoms with E-state index in [9.17, 15) is 14.4 Å². The Bertz CT molecular complexity index is 851. The van der Waals surface area contributed by atoms with Crippen LogP contribution in [-0.2, 0) is 14.4 Å². The third-order valence-corrected chi connectivity index (χ3v) is 4.51. The second-order valence-corrected chi connectivity index (χ2v) is 9.08. The lowest BCUT2D eigenvalue weighted by Crippen LogP contribution is -2.36. The Balaban J connectivity index is -0.000000429. The van der Waals surface area contributed by atoms with Gasteiger partial charge in [0.15, 0.2) is 0 Å². The van der Waals surface area contributed by atoms with E-state index in [1.54, 1.807) is 6.92 Å². The van der Waals surface area contributed by atoms with E-state index >= 15 is 0 Å². The number of carbonyl (C=O) groups is 3. The molecule has 37 heavy (non-hydrogen) atoms. The molecule has 0 heterocycles. The Morgan fingerprint density at radius 3 is 1.51 bits per heavy atom. The predicted octanol–water partition coefficient (Wildman–Crippen LogP) is 6.98. The third kappa shape index (κ3) is 28.7. The van der Waals surface area contributed by atoms with Crippen LogP contribution in [0.4, 0.5) is 0 Å². The van der Waals surface area contributed by atoms with E-state index in [0.717, 1.165) is 25.8 Å². The van der Waals surface area contributed by atoms with Gasteiger partial charge in [-0.2, -0.15) is 0 Å². The second-order valence-electron chi connectivity index (χ2n) is 9.08. The van der Waals surface area contributed by atoms with Crippen molar-refractivity contribution in [2.24, 2.45) is 0 Å². The lowest BCUT2D eigenvalue weighted by Gasteiger charge is -2.20. The van der Waals surface area contributed by atoms with Crippen molar-refractivity contribution in [1.82, 2.24) is 5.32 Å². The summed E-state index contributed by atoms with van der Waals surface area (Å²) in [6.45, 7) is 24.6. The minimum atomic E-state index is -0.900. The predicted molar refractivity (Wildman–Crippen MR) is 154 cm³/mol. The molecule has 0 atom stereocenters. The van der Waals surface area contributed by atoms with Gasteiger partial charge in [-0.05, 0) is 65.0 Å². The molecule has 0 fully saturated rings. The van der Waals surface area contributed by atoms with Gasteiger partial charge in [0.05, 0.1) is 0 Å². The minimum absolute atomic E-state index is 0.102. The molecule has 7 heteroatoms. The van der Waals surface area contributed by atoms with Crippen molar-refractivity contribution in [3.05, 3.63) is 78.9 Å². The van der Waals surface area contributed by atoms with Crippen LogP contribution in [0.3, 0.4) is 0 Å². The molecule has 7 nitrogen and oxygen atoms in total. The number of hydrogen-bond acceptors (Lipinski definition) is 4. The molecule has 0 unspecified atom stereocenters. The molecule has 1 rings (SSSR count). The zero-order valence-electron chi connectivity index (χ0n) is 23.3.